The largest absolute Gasteiger partial charge is 0.303 e. The van der Waals surface area contributed by atoms with Crippen LogP contribution in [0.2, 0.25) is 0 Å². The second kappa shape index (κ2) is 4.92. The number of aldehydes is 2. The minimum absolute atomic E-state index is 0.317. The number of hydrogen-bond acceptors (Lipinski definition) is 2. The van der Waals surface area contributed by atoms with Crippen molar-refractivity contribution in [3.05, 3.63) is 0 Å². The van der Waals surface area contributed by atoms with Crippen molar-refractivity contribution in [2.24, 2.45) is 0 Å². The zero-order valence-corrected chi connectivity index (χ0v) is 5.73. The van der Waals surface area contributed by atoms with Gasteiger partial charge in [-0.3, -0.25) is 0 Å². The normalized spacial score (nSPS) is 9.25. The van der Waals surface area contributed by atoms with Crippen LogP contribution in [-0.4, -0.2) is 31.6 Å². The van der Waals surface area contributed by atoms with Gasteiger partial charge in [0, 0.05) is 12.3 Å². The highest BCUT2D eigenvalue weighted by molar-refractivity contribution is 7.58. The molecule has 46 valence electrons. The first-order valence-electron chi connectivity index (χ1n) is 2.37. The Kier molecular flexibility index (Phi) is 4.78. The van der Waals surface area contributed by atoms with Gasteiger partial charge in [-0.15, -0.1) is 0 Å². The van der Waals surface area contributed by atoms with Crippen LogP contribution in [0.4, 0.5) is 0 Å². The third-order valence-corrected chi connectivity index (χ3v) is 2.32. The quantitative estimate of drug-likeness (QED) is 0.412. The fourth-order valence-corrected chi connectivity index (χ4v) is 0.987. The Hall–Kier alpha value is -0.230. The summed E-state index contributed by atoms with van der Waals surface area (Å²) in [7, 11) is -0.317. The lowest BCUT2D eigenvalue weighted by atomic mass is 10.9. The van der Waals surface area contributed by atoms with Crippen LogP contribution in [0.1, 0.15) is 0 Å². The predicted octanol–water partition coefficient (Wildman–Crippen LogP) is 0.496. The highest BCUT2D eigenvalue weighted by Crippen LogP contribution is 2.26. The maximum absolute atomic E-state index is 9.79. The molecule has 0 heterocycles. The summed E-state index contributed by atoms with van der Waals surface area (Å²) < 4.78 is 0. The second-order valence-electron chi connectivity index (χ2n) is 1.55. The van der Waals surface area contributed by atoms with E-state index in [-0.39, 0.29) is 7.92 Å². The van der Waals surface area contributed by atoms with Crippen LogP contribution in [-0.2, 0) is 9.59 Å². The van der Waals surface area contributed by atoms with Gasteiger partial charge >= 0.3 is 0 Å². The lowest BCUT2D eigenvalue weighted by molar-refractivity contribution is -0.106. The molecular formula is C5H9O2P. The van der Waals surface area contributed by atoms with E-state index in [0.29, 0.717) is 12.3 Å². The highest BCUT2D eigenvalue weighted by atomic mass is 31.1. The fourth-order valence-electron chi connectivity index (χ4n) is 0.329. The lowest BCUT2D eigenvalue weighted by Crippen LogP contribution is -1.89. The van der Waals surface area contributed by atoms with Crippen molar-refractivity contribution in [1.29, 1.82) is 0 Å². The Morgan fingerprint density at radius 2 is 1.62 bits per heavy atom. The molecule has 0 N–H and O–H groups in total. The molecule has 0 aliphatic rings. The van der Waals surface area contributed by atoms with Crippen LogP contribution < -0.4 is 0 Å². The minimum atomic E-state index is -0.317. The Morgan fingerprint density at radius 3 is 1.88 bits per heavy atom. The SMILES string of the molecule is CP(CC=O)CC=O. The molecule has 0 rings (SSSR count). The van der Waals surface area contributed by atoms with Gasteiger partial charge in [0.1, 0.15) is 12.6 Å². The van der Waals surface area contributed by atoms with Gasteiger partial charge in [-0.2, -0.15) is 0 Å². The van der Waals surface area contributed by atoms with E-state index >= 15 is 0 Å². The van der Waals surface area contributed by atoms with Gasteiger partial charge in [-0.05, 0) is 6.66 Å². The number of rotatable bonds is 4. The topological polar surface area (TPSA) is 34.1 Å². The van der Waals surface area contributed by atoms with Crippen molar-refractivity contribution >= 4 is 20.5 Å². The third kappa shape index (κ3) is 3.94. The van der Waals surface area contributed by atoms with E-state index in [1.54, 1.807) is 0 Å². The summed E-state index contributed by atoms with van der Waals surface area (Å²) in [5.74, 6) is 0. The minimum Gasteiger partial charge on any atom is -0.303 e. The molecule has 2 nitrogen and oxygen atoms in total. The molecule has 0 aromatic heterocycles. The summed E-state index contributed by atoms with van der Waals surface area (Å²) in [5.41, 5.74) is 0. The Bertz CT molecular complexity index is 72.5. The molecule has 0 aromatic carbocycles. The molecule has 0 fully saturated rings. The molecule has 0 atom stereocenters. The standard InChI is InChI=1S/C5H9O2P/c1-8(4-2-6)5-3-7/h2-3H,4-5H2,1H3. The van der Waals surface area contributed by atoms with Gasteiger partial charge in [0.25, 0.3) is 0 Å². The molecule has 8 heavy (non-hydrogen) atoms. The van der Waals surface area contributed by atoms with E-state index in [1.807, 2.05) is 6.66 Å². The van der Waals surface area contributed by atoms with Crippen molar-refractivity contribution in [1.82, 2.24) is 0 Å². The number of carbonyl (C=O) groups excluding carboxylic acids is 2. The van der Waals surface area contributed by atoms with Crippen molar-refractivity contribution in [3.8, 4) is 0 Å². The van der Waals surface area contributed by atoms with Crippen molar-refractivity contribution in [2.45, 2.75) is 0 Å². The summed E-state index contributed by atoms with van der Waals surface area (Å²) in [6.07, 6.45) is 2.87. The fraction of sp³-hybridized carbons (Fsp3) is 0.600. The first kappa shape index (κ1) is 7.77. The smallest absolute Gasteiger partial charge is 0.124 e. The van der Waals surface area contributed by atoms with Crippen LogP contribution in [0.15, 0.2) is 0 Å². The van der Waals surface area contributed by atoms with E-state index in [9.17, 15) is 9.59 Å². The Labute approximate surface area is 50.0 Å². The molecule has 0 aliphatic heterocycles. The number of carbonyl (C=O) groups is 2. The van der Waals surface area contributed by atoms with Gasteiger partial charge in [0.15, 0.2) is 0 Å². The van der Waals surface area contributed by atoms with Gasteiger partial charge in [0.05, 0.1) is 0 Å². The summed E-state index contributed by atoms with van der Waals surface area (Å²) >= 11 is 0. The molecule has 0 bridgehead atoms. The second-order valence-corrected chi connectivity index (χ2v) is 4.00. The van der Waals surface area contributed by atoms with E-state index in [2.05, 4.69) is 0 Å². The lowest BCUT2D eigenvalue weighted by Gasteiger charge is -1.98. The molecule has 0 saturated carbocycles. The molecule has 0 aromatic rings. The van der Waals surface area contributed by atoms with Crippen LogP contribution in [0, 0.1) is 0 Å². The first-order valence-corrected chi connectivity index (χ1v) is 4.53. The van der Waals surface area contributed by atoms with Crippen molar-refractivity contribution < 1.29 is 9.59 Å². The molecule has 0 amide bonds. The van der Waals surface area contributed by atoms with Crippen molar-refractivity contribution in [3.63, 3.8) is 0 Å². The van der Waals surface area contributed by atoms with E-state index in [1.165, 1.54) is 0 Å². The van der Waals surface area contributed by atoms with Gasteiger partial charge in [-0.1, -0.05) is 7.92 Å². The van der Waals surface area contributed by atoms with E-state index < -0.39 is 0 Å². The van der Waals surface area contributed by atoms with E-state index in [4.69, 9.17) is 0 Å². The third-order valence-electron chi connectivity index (χ3n) is 0.772. The monoisotopic (exact) mass is 132 g/mol. The zero-order valence-electron chi connectivity index (χ0n) is 4.83. The molecule has 3 heteroatoms. The van der Waals surface area contributed by atoms with Crippen LogP contribution in [0.25, 0.3) is 0 Å². The maximum Gasteiger partial charge on any atom is 0.124 e. The predicted molar refractivity (Wildman–Crippen MR) is 34.7 cm³/mol. The average Bonchev–Trinajstić information content (AvgIpc) is 1.68. The Morgan fingerprint density at radius 1 is 1.25 bits per heavy atom. The first-order chi connectivity index (χ1) is 3.81. The average molecular weight is 132 g/mol. The van der Waals surface area contributed by atoms with Crippen LogP contribution in [0.5, 0.6) is 0 Å². The molecule has 0 spiro atoms. The maximum atomic E-state index is 9.79. The van der Waals surface area contributed by atoms with Gasteiger partial charge in [0.2, 0.25) is 0 Å². The number of hydrogen-bond donors (Lipinski definition) is 0. The molecule has 0 radical (unpaired) electrons. The summed E-state index contributed by atoms with van der Waals surface area (Å²) in [6.45, 7) is 1.94. The molecule has 0 unspecified atom stereocenters. The van der Waals surface area contributed by atoms with Gasteiger partial charge in [-0.25, -0.2) is 0 Å². The van der Waals surface area contributed by atoms with Crippen LogP contribution in [0.3, 0.4) is 0 Å². The molecular weight excluding hydrogens is 123 g/mol. The molecule has 0 saturated heterocycles. The van der Waals surface area contributed by atoms with Gasteiger partial charge < -0.3 is 9.59 Å². The van der Waals surface area contributed by atoms with Crippen LogP contribution >= 0.6 is 7.92 Å². The van der Waals surface area contributed by atoms with Crippen molar-refractivity contribution in [2.75, 3.05) is 19.0 Å². The summed E-state index contributed by atoms with van der Waals surface area (Å²) in [5, 5.41) is 0. The molecule has 0 aliphatic carbocycles. The summed E-state index contributed by atoms with van der Waals surface area (Å²) in [6, 6.07) is 0. The highest BCUT2D eigenvalue weighted by Gasteiger charge is 1.95. The Balaban J connectivity index is 3.16. The summed E-state index contributed by atoms with van der Waals surface area (Å²) in [4.78, 5) is 19.6. The van der Waals surface area contributed by atoms with E-state index in [0.717, 1.165) is 12.6 Å². The zero-order chi connectivity index (χ0) is 6.41.